The molecule has 232 valence electrons. The lowest BCUT2D eigenvalue weighted by Crippen LogP contribution is -2.41. The first kappa shape index (κ1) is 32.2. The van der Waals surface area contributed by atoms with Gasteiger partial charge < -0.3 is 32.7 Å². The van der Waals surface area contributed by atoms with Crippen molar-refractivity contribution >= 4 is 45.8 Å². The van der Waals surface area contributed by atoms with Crippen LogP contribution in [-0.4, -0.2) is 80.9 Å². The fraction of sp³-hybridized carbons (Fsp3) is 0.333. The zero-order chi connectivity index (χ0) is 31.6. The maximum atomic E-state index is 13.8. The van der Waals surface area contributed by atoms with Crippen molar-refractivity contribution < 1.29 is 24.1 Å². The molecule has 0 radical (unpaired) electrons. The Hall–Kier alpha value is -4.76. The lowest BCUT2D eigenvalue weighted by Gasteiger charge is -2.27. The minimum Gasteiger partial charge on any atom is -0.352 e. The molecule has 3 aromatic rings. The average molecular weight is 605 g/mol. The number of benzene rings is 3. The predicted octanol–water partition coefficient (Wildman–Crippen LogP) is 0.885. The molecule has 0 saturated carbocycles. The van der Waals surface area contributed by atoms with E-state index in [4.69, 9.17) is 11.5 Å². The summed E-state index contributed by atoms with van der Waals surface area (Å²) in [5.41, 5.74) is 10.9. The van der Waals surface area contributed by atoms with Gasteiger partial charge in [-0.05, 0) is 62.1 Å². The SMILES string of the molecule is NCCCNCCNC(=O)c1cc(C(=O)NCCCNCCN)cc(N2C(=O)c3cccc4cc([N+](=O)[O-])cc(c34)C2=O)c1. The van der Waals surface area contributed by atoms with Crippen molar-refractivity contribution in [3.8, 4) is 0 Å². The molecule has 44 heavy (non-hydrogen) atoms. The first-order valence-corrected chi connectivity index (χ1v) is 14.4. The largest absolute Gasteiger partial charge is 0.352 e. The smallest absolute Gasteiger partial charge is 0.270 e. The Morgan fingerprint density at radius 3 is 2.09 bits per heavy atom. The van der Waals surface area contributed by atoms with Crippen molar-refractivity contribution in [2.24, 2.45) is 11.5 Å². The Morgan fingerprint density at radius 1 is 0.750 bits per heavy atom. The number of non-ortho nitro benzene ring substituents is 1. The van der Waals surface area contributed by atoms with E-state index in [9.17, 15) is 29.3 Å². The van der Waals surface area contributed by atoms with Crippen molar-refractivity contribution in [3.63, 3.8) is 0 Å². The van der Waals surface area contributed by atoms with Crippen molar-refractivity contribution in [1.29, 1.82) is 0 Å². The summed E-state index contributed by atoms with van der Waals surface area (Å²) in [7, 11) is 0. The maximum Gasteiger partial charge on any atom is 0.270 e. The zero-order valence-corrected chi connectivity index (χ0v) is 24.2. The Morgan fingerprint density at radius 2 is 1.41 bits per heavy atom. The monoisotopic (exact) mass is 604 g/mol. The molecule has 1 aliphatic rings. The molecule has 4 amide bonds. The Bertz CT molecular complexity index is 1530. The second-order valence-corrected chi connectivity index (χ2v) is 10.2. The topological polar surface area (TPSA) is 215 Å². The van der Waals surface area contributed by atoms with Crippen LogP contribution >= 0.6 is 0 Å². The molecule has 0 saturated heterocycles. The first-order valence-electron chi connectivity index (χ1n) is 14.4. The van der Waals surface area contributed by atoms with Crippen LogP contribution in [0.5, 0.6) is 0 Å². The third-order valence-electron chi connectivity index (χ3n) is 7.02. The molecule has 0 bridgehead atoms. The van der Waals surface area contributed by atoms with Crippen LogP contribution in [0.3, 0.4) is 0 Å². The lowest BCUT2D eigenvalue weighted by molar-refractivity contribution is -0.384. The fourth-order valence-corrected chi connectivity index (χ4v) is 4.90. The summed E-state index contributed by atoms with van der Waals surface area (Å²) < 4.78 is 0. The number of nitro groups is 1. The number of hydrogen-bond acceptors (Lipinski definition) is 10. The van der Waals surface area contributed by atoms with Gasteiger partial charge in [-0.15, -0.1) is 0 Å². The molecule has 1 heterocycles. The van der Waals surface area contributed by atoms with Gasteiger partial charge in [-0.3, -0.25) is 29.3 Å². The average Bonchev–Trinajstić information content (AvgIpc) is 3.02. The highest BCUT2D eigenvalue weighted by Gasteiger charge is 2.36. The standard InChI is InChI=1S/C30H36N8O6/c31-6-2-8-34-12-13-36-28(40)21-14-20(27(39)35-10-3-9-33-11-7-32)16-22(17-21)37-29(41)24-5-1-4-19-15-23(38(43)44)18-25(26(19)24)30(37)42/h1,4-5,14-18,33-34H,2-3,6-13,31-32H2,(H,35,39)(H,36,40). The number of hydrogen-bond donors (Lipinski definition) is 6. The van der Waals surface area contributed by atoms with Crippen LogP contribution in [0.15, 0.2) is 48.5 Å². The van der Waals surface area contributed by atoms with Crippen molar-refractivity contribution in [1.82, 2.24) is 21.3 Å². The highest BCUT2D eigenvalue weighted by molar-refractivity contribution is 6.36. The van der Waals surface area contributed by atoms with E-state index in [0.29, 0.717) is 63.0 Å². The van der Waals surface area contributed by atoms with Gasteiger partial charge in [-0.25, -0.2) is 4.90 Å². The normalized spacial score (nSPS) is 12.5. The third kappa shape index (κ3) is 7.41. The number of nitrogens with zero attached hydrogens (tertiary/aromatic N) is 2. The second kappa shape index (κ2) is 15.1. The number of carbonyl (C=O) groups excluding carboxylic acids is 4. The molecule has 3 aromatic carbocycles. The molecule has 8 N–H and O–H groups in total. The van der Waals surface area contributed by atoms with Gasteiger partial charge >= 0.3 is 0 Å². The molecule has 14 nitrogen and oxygen atoms in total. The second-order valence-electron chi connectivity index (χ2n) is 10.2. The first-order chi connectivity index (χ1) is 21.3. The van der Waals surface area contributed by atoms with Crippen LogP contribution in [0.1, 0.15) is 54.3 Å². The van der Waals surface area contributed by atoms with Gasteiger partial charge in [0.1, 0.15) is 0 Å². The molecule has 0 aliphatic carbocycles. The van der Waals surface area contributed by atoms with Gasteiger partial charge in [0.2, 0.25) is 0 Å². The number of rotatable bonds is 16. The van der Waals surface area contributed by atoms with Crippen molar-refractivity contribution in [3.05, 3.63) is 80.9 Å². The molecule has 0 fully saturated rings. The molecule has 14 heteroatoms. The van der Waals surface area contributed by atoms with Crippen LogP contribution in [0.25, 0.3) is 10.8 Å². The minimum absolute atomic E-state index is 0.0161. The Balaban J connectivity index is 1.66. The quantitative estimate of drug-likeness (QED) is 0.0587. The van der Waals surface area contributed by atoms with Crippen LogP contribution < -0.4 is 37.6 Å². The van der Waals surface area contributed by atoms with Crippen LogP contribution in [0.2, 0.25) is 0 Å². The summed E-state index contributed by atoms with van der Waals surface area (Å²) in [6, 6.07) is 11.2. The fourth-order valence-electron chi connectivity index (χ4n) is 4.90. The van der Waals surface area contributed by atoms with E-state index >= 15 is 0 Å². The molecule has 0 spiro atoms. The summed E-state index contributed by atoms with van der Waals surface area (Å²) in [4.78, 5) is 65.7. The molecule has 0 aromatic heterocycles. The summed E-state index contributed by atoms with van der Waals surface area (Å²) in [5, 5.41) is 24.1. The highest BCUT2D eigenvalue weighted by Crippen LogP contribution is 2.36. The molecular weight excluding hydrogens is 568 g/mol. The zero-order valence-electron chi connectivity index (χ0n) is 24.2. The van der Waals surface area contributed by atoms with Gasteiger partial charge in [-0.1, -0.05) is 12.1 Å². The van der Waals surface area contributed by atoms with Gasteiger partial charge in [0.25, 0.3) is 29.3 Å². The summed E-state index contributed by atoms with van der Waals surface area (Å²) in [6.07, 6.45) is 1.41. The van der Waals surface area contributed by atoms with E-state index < -0.39 is 28.6 Å². The molecule has 0 atom stereocenters. The van der Waals surface area contributed by atoms with Crippen molar-refractivity contribution in [2.75, 3.05) is 57.3 Å². The third-order valence-corrected chi connectivity index (χ3v) is 7.02. The van der Waals surface area contributed by atoms with Crippen LogP contribution in [0, 0.1) is 10.1 Å². The molecule has 4 rings (SSSR count). The van der Waals surface area contributed by atoms with Crippen LogP contribution in [0.4, 0.5) is 11.4 Å². The number of imide groups is 1. The van der Waals surface area contributed by atoms with Crippen LogP contribution in [-0.2, 0) is 0 Å². The highest BCUT2D eigenvalue weighted by atomic mass is 16.6. The number of amides is 4. The van der Waals surface area contributed by atoms with Crippen molar-refractivity contribution in [2.45, 2.75) is 12.8 Å². The minimum atomic E-state index is -0.804. The molecule has 1 aliphatic heterocycles. The number of anilines is 1. The van der Waals surface area contributed by atoms with E-state index in [-0.39, 0.29) is 40.2 Å². The van der Waals surface area contributed by atoms with E-state index in [1.807, 2.05) is 0 Å². The van der Waals surface area contributed by atoms with E-state index in [0.717, 1.165) is 17.4 Å². The van der Waals surface area contributed by atoms with Gasteiger partial charge in [0.05, 0.1) is 16.2 Å². The van der Waals surface area contributed by atoms with E-state index in [2.05, 4.69) is 21.3 Å². The summed E-state index contributed by atoms with van der Waals surface area (Å²) in [5.74, 6) is -2.50. The molecular formula is C30H36N8O6. The summed E-state index contributed by atoms with van der Waals surface area (Å²) in [6.45, 7) is 4.12. The predicted molar refractivity (Wildman–Crippen MR) is 166 cm³/mol. The Kier molecular flexibility index (Phi) is 11.0. The van der Waals surface area contributed by atoms with Gasteiger partial charge in [-0.2, -0.15) is 0 Å². The van der Waals surface area contributed by atoms with Gasteiger partial charge in [0, 0.05) is 66.9 Å². The summed E-state index contributed by atoms with van der Waals surface area (Å²) >= 11 is 0. The number of nitrogens with two attached hydrogens (primary N) is 2. The number of nitro benzene ring substituents is 1. The number of carbonyl (C=O) groups is 4. The maximum absolute atomic E-state index is 13.8. The van der Waals surface area contributed by atoms with E-state index in [1.165, 1.54) is 30.3 Å². The number of nitrogens with one attached hydrogen (secondary N) is 4. The van der Waals surface area contributed by atoms with Gasteiger partial charge in [0.15, 0.2) is 0 Å². The molecule has 0 unspecified atom stereocenters. The van der Waals surface area contributed by atoms with E-state index in [1.54, 1.807) is 12.1 Å². The lowest BCUT2D eigenvalue weighted by atomic mass is 9.92. The Labute approximate surface area is 253 Å².